The van der Waals surface area contributed by atoms with E-state index in [9.17, 15) is 27.9 Å². The highest BCUT2D eigenvalue weighted by Crippen LogP contribution is 2.47. The van der Waals surface area contributed by atoms with Crippen LogP contribution in [0.15, 0.2) is 60.2 Å². The van der Waals surface area contributed by atoms with Gasteiger partial charge in [-0.15, -0.1) is 0 Å². The molecule has 45 heavy (non-hydrogen) atoms. The van der Waals surface area contributed by atoms with E-state index < -0.39 is 35.9 Å². The number of rotatable bonds is 7. The largest absolute Gasteiger partial charge is 0.496 e. The number of aromatic carboxylic acids is 1. The lowest BCUT2D eigenvalue weighted by Gasteiger charge is -2.36. The number of carbonyl (C=O) groups excluding carboxylic acids is 1. The average Bonchev–Trinajstić information content (AvgIpc) is 3.24. The van der Waals surface area contributed by atoms with Crippen molar-refractivity contribution in [1.29, 1.82) is 0 Å². The normalized spacial score (nSPS) is 19.9. The van der Waals surface area contributed by atoms with Crippen molar-refractivity contribution in [2.45, 2.75) is 72.2 Å². The number of carbonyl (C=O) groups is 2. The van der Waals surface area contributed by atoms with Crippen LogP contribution in [0.5, 0.6) is 5.75 Å². The number of allylic oxidation sites excluding steroid dienone is 1. The van der Waals surface area contributed by atoms with Crippen molar-refractivity contribution in [3.05, 3.63) is 93.6 Å². The zero-order chi connectivity index (χ0) is 32.8. The molecule has 238 valence electrons. The van der Waals surface area contributed by atoms with Gasteiger partial charge < -0.3 is 14.6 Å². The van der Waals surface area contributed by atoms with Crippen LogP contribution in [0.3, 0.4) is 0 Å². The van der Waals surface area contributed by atoms with Crippen LogP contribution in [0.2, 0.25) is 0 Å². The predicted octanol–water partition coefficient (Wildman–Crippen LogP) is 9.24. The number of aryl methyl sites for hydroxylation is 2. The molecule has 0 aromatic heterocycles. The molecule has 5 rings (SSSR count). The number of hydrogen-bond donors (Lipinski definition) is 1. The standard InChI is InChI=1S/C36H38F3NO5/c1-20-13-25(16-27(14-20)36(37,38)39)32-22(3)40(34(43)45-32)19-26-18-35(4,5)12-11-29(26)30-17-23(8-10-31(30)44-6)28-9-7-24(33(41)42)15-21(28)2/h7-10,13-17,22,32H,11-12,18-19H2,1-6H3,(H,41,42)/t22-,32-/m1/s1. The molecule has 9 heteroatoms. The van der Waals surface area contributed by atoms with E-state index in [1.807, 2.05) is 26.0 Å². The molecule has 1 aliphatic carbocycles. The smallest absolute Gasteiger partial charge is 0.416 e. The summed E-state index contributed by atoms with van der Waals surface area (Å²) in [4.78, 5) is 26.4. The Kier molecular flexibility index (Phi) is 8.51. The minimum atomic E-state index is -4.51. The Balaban J connectivity index is 1.54. The summed E-state index contributed by atoms with van der Waals surface area (Å²) in [6.07, 6.45) is -3.54. The quantitative estimate of drug-likeness (QED) is 0.285. The van der Waals surface area contributed by atoms with Gasteiger partial charge in [-0.05, 0) is 115 Å². The second-order valence-corrected chi connectivity index (χ2v) is 13.0. The fourth-order valence-electron chi connectivity index (χ4n) is 6.63. The molecule has 6 nitrogen and oxygen atoms in total. The third-order valence-corrected chi connectivity index (χ3v) is 8.99. The van der Waals surface area contributed by atoms with Crippen LogP contribution < -0.4 is 4.74 Å². The van der Waals surface area contributed by atoms with Crippen LogP contribution in [0.25, 0.3) is 16.7 Å². The van der Waals surface area contributed by atoms with Crippen molar-refractivity contribution in [1.82, 2.24) is 4.90 Å². The van der Waals surface area contributed by atoms with E-state index >= 15 is 0 Å². The van der Waals surface area contributed by atoms with Gasteiger partial charge in [0, 0.05) is 12.1 Å². The molecule has 2 aliphatic rings. The maximum atomic E-state index is 13.6. The zero-order valence-electron chi connectivity index (χ0n) is 26.3. The molecular weight excluding hydrogens is 583 g/mol. The molecule has 0 spiro atoms. The van der Waals surface area contributed by atoms with Crippen LogP contribution in [-0.4, -0.2) is 41.8 Å². The molecule has 0 radical (unpaired) electrons. The van der Waals surface area contributed by atoms with Gasteiger partial charge in [-0.2, -0.15) is 13.2 Å². The molecular formula is C36H38F3NO5. The first-order valence-electron chi connectivity index (χ1n) is 15.0. The summed E-state index contributed by atoms with van der Waals surface area (Å²) < 4.78 is 52.3. The molecule has 3 aromatic rings. The number of benzene rings is 3. The van der Waals surface area contributed by atoms with E-state index in [1.54, 1.807) is 43.2 Å². The Morgan fingerprint density at radius 2 is 1.80 bits per heavy atom. The first kappa shape index (κ1) is 32.1. The molecule has 2 atom stereocenters. The van der Waals surface area contributed by atoms with Crippen LogP contribution in [-0.2, 0) is 10.9 Å². The monoisotopic (exact) mass is 621 g/mol. The Labute approximate surface area is 261 Å². The molecule has 0 saturated carbocycles. The molecule has 1 N–H and O–H groups in total. The third-order valence-electron chi connectivity index (χ3n) is 8.99. The third kappa shape index (κ3) is 6.58. The van der Waals surface area contributed by atoms with Gasteiger partial charge in [0.15, 0.2) is 0 Å². The van der Waals surface area contributed by atoms with Gasteiger partial charge in [0.1, 0.15) is 11.9 Å². The lowest BCUT2D eigenvalue weighted by atomic mass is 9.72. The number of halogens is 3. The lowest BCUT2D eigenvalue weighted by molar-refractivity contribution is -0.137. The molecule has 1 amide bonds. The van der Waals surface area contributed by atoms with E-state index in [-0.39, 0.29) is 17.5 Å². The topological polar surface area (TPSA) is 76.1 Å². The zero-order valence-corrected chi connectivity index (χ0v) is 26.3. The van der Waals surface area contributed by atoms with Crippen LogP contribution in [0, 0.1) is 19.3 Å². The molecule has 1 saturated heterocycles. The van der Waals surface area contributed by atoms with Crippen molar-refractivity contribution in [3.8, 4) is 16.9 Å². The van der Waals surface area contributed by atoms with Gasteiger partial charge in [0.05, 0.1) is 24.3 Å². The first-order chi connectivity index (χ1) is 21.1. The summed E-state index contributed by atoms with van der Waals surface area (Å²) in [5, 5.41) is 9.41. The lowest BCUT2D eigenvalue weighted by Crippen LogP contribution is -2.35. The summed E-state index contributed by atoms with van der Waals surface area (Å²) in [7, 11) is 1.61. The van der Waals surface area contributed by atoms with E-state index in [4.69, 9.17) is 9.47 Å². The van der Waals surface area contributed by atoms with Gasteiger partial charge in [0.25, 0.3) is 0 Å². The van der Waals surface area contributed by atoms with Crippen molar-refractivity contribution >= 4 is 17.6 Å². The number of cyclic esters (lactones) is 1. The van der Waals surface area contributed by atoms with Crippen LogP contribution in [0.1, 0.15) is 84.3 Å². The number of nitrogens with zero attached hydrogens (tertiary/aromatic N) is 1. The summed E-state index contributed by atoms with van der Waals surface area (Å²) in [5.74, 6) is -0.306. The Morgan fingerprint density at radius 1 is 1.07 bits per heavy atom. The van der Waals surface area contributed by atoms with Gasteiger partial charge in [-0.3, -0.25) is 4.90 Å². The molecule has 1 fully saturated rings. The molecule has 0 unspecified atom stereocenters. The average molecular weight is 622 g/mol. The Bertz CT molecular complexity index is 1690. The highest BCUT2D eigenvalue weighted by molar-refractivity contribution is 5.89. The Hall–Kier alpha value is -4.27. The van der Waals surface area contributed by atoms with Gasteiger partial charge in [-0.1, -0.05) is 37.6 Å². The van der Waals surface area contributed by atoms with Crippen LogP contribution >= 0.6 is 0 Å². The van der Waals surface area contributed by atoms with E-state index in [2.05, 4.69) is 19.9 Å². The molecule has 1 heterocycles. The first-order valence-corrected chi connectivity index (χ1v) is 15.0. The van der Waals surface area contributed by atoms with Gasteiger partial charge in [0.2, 0.25) is 0 Å². The number of alkyl halides is 3. The van der Waals surface area contributed by atoms with Crippen molar-refractivity contribution in [3.63, 3.8) is 0 Å². The number of amides is 1. The predicted molar refractivity (Wildman–Crippen MR) is 166 cm³/mol. The highest BCUT2D eigenvalue weighted by atomic mass is 19.4. The SMILES string of the molecule is COc1ccc(-c2ccc(C(=O)O)cc2C)cc1C1=C(CN2C(=O)O[C@@H](c3cc(C)cc(C(F)(F)F)c3)[C@H]2C)CC(C)(C)CC1. The second-order valence-electron chi connectivity index (χ2n) is 13.0. The number of ether oxygens (including phenoxy) is 2. The molecule has 1 aliphatic heterocycles. The maximum absolute atomic E-state index is 13.6. The summed E-state index contributed by atoms with van der Waals surface area (Å²) in [6, 6.07) is 14.2. The summed E-state index contributed by atoms with van der Waals surface area (Å²) in [6.45, 7) is 9.93. The molecule has 3 aromatic carbocycles. The van der Waals surface area contributed by atoms with Crippen molar-refractivity contribution in [2.24, 2.45) is 5.41 Å². The number of methoxy groups -OCH3 is 1. The second kappa shape index (κ2) is 11.9. The fourth-order valence-corrected chi connectivity index (χ4v) is 6.63. The van der Waals surface area contributed by atoms with Crippen molar-refractivity contribution < 1.29 is 37.3 Å². The number of carboxylic acids is 1. The molecule has 0 bridgehead atoms. The van der Waals surface area contributed by atoms with Crippen molar-refractivity contribution in [2.75, 3.05) is 13.7 Å². The summed E-state index contributed by atoms with van der Waals surface area (Å²) >= 11 is 0. The minimum absolute atomic E-state index is 0.0304. The van der Waals surface area contributed by atoms with Gasteiger partial charge in [-0.25, -0.2) is 9.59 Å². The summed E-state index contributed by atoms with van der Waals surface area (Å²) in [5.41, 5.74) is 5.83. The minimum Gasteiger partial charge on any atom is -0.496 e. The van der Waals surface area contributed by atoms with Gasteiger partial charge >= 0.3 is 18.2 Å². The van der Waals surface area contributed by atoms with Crippen LogP contribution in [0.4, 0.5) is 18.0 Å². The fraction of sp³-hybridized carbons (Fsp3) is 0.389. The number of hydrogen-bond acceptors (Lipinski definition) is 4. The highest BCUT2D eigenvalue weighted by Gasteiger charge is 2.42. The Morgan fingerprint density at radius 3 is 2.44 bits per heavy atom. The van der Waals surface area contributed by atoms with E-state index in [1.165, 1.54) is 0 Å². The van der Waals surface area contributed by atoms with E-state index in [0.29, 0.717) is 23.3 Å². The number of carboxylic acid groups (broad SMARTS) is 1. The maximum Gasteiger partial charge on any atom is 0.416 e. The van der Waals surface area contributed by atoms with E-state index in [0.717, 1.165) is 58.4 Å².